The lowest BCUT2D eigenvalue weighted by molar-refractivity contribution is -0.114. The highest BCUT2D eigenvalue weighted by molar-refractivity contribution is 6.55. The van der Waals surface area contributed by atoms with Crippen LogP contribution in [0.5, 0.6) is 0 Å². The summed E-state index contributed by atoms with van der Waals surface area (Å²) in [6.45, 7) is 5.71. The summed E-state index contributed by atoms with van der Waals surface area (Å²) < 4.78 is 5.50. The van der Waals surface area contributed by atoms with Crippen molar-refractivity contribution in [2.24, 2.45) is 5.92 Å². The van der Waals surface area contributed by atoms with Crippen LogP contribution in [0, 0.1) is 5.92 Å². The molecular formula is C15H18ClNO3. The third kappa shape index (κ3) is 3.02. The number of nitrogens with zero attached hydrogens (tertiary/aromatic N) is 1. The van der Waals surface area contributed by atoms with Gasteiger partial charge in [0.1, 0.15) is 0 Å². The minimum absolute atomic E-state index is 0.307. The maximum atomic E-state index is 11.9. The van der Waals surface area contributed by atoms with Crippen LogP contribution in [0.2, 0.25) is 5.02 Å². The first-order valence-corrected chi connectivity index (χ1v) is 7.12. The molecule has 1 aliphatic rings. The number of amides is 1. The lowest BCUT2D eigenvalue weighted by Gasteiger charge is -2.16. The van der Waals surface area contributed by atoms with Gasteiger partial charge in [-0.3, -0.25) is 9.59 Å². The average Bonchev–Trinajstić information content (AvgIpc) is 2.64. The molecule has 1 aliphatic heterocycles. The van der Waals surface area contributed by atoms with Crippen molar-refractivity contribution in [1.82, 2.24) is 0 Å². The molecule has 0 aliphatic carbocycles. The molecule has 0 unspecified atom stereocenters. The molecule has 0 saturated carbocycles. The zero-order chi connectivity index (χ0) is 14.7. The van der Waals surface area contributed by atoms with Gasteiger partial charge in [0.15, 0.2) is 0 Å². The van der Waals surface area contributed by atoms with E-state index in [1.165, 1.54) is 4.90 Å². The Morgan fingerprint density at radius 2 is 2.00 bits per heavy atom. The van der Waals surface area contributed by atoms with Crippen LogP contribution in [0.4, 0.5) is 5.69 Å². The van der Waals surface area contributed by atoms with Gasteiger partial charge < -0.3 is 9.64 Å². The SMILES string of the molecule is CC(C)CCOCCN1C(=O)C(=O)c2c(Cl)cccc21. The van der Waals surface area contributed by atoms with Crippen LogP contribution in [0.3, 0.4) is 0 Å². The Morgan fingerprint density at radius 1 is 1.25 bits per heavy atom. The van der Waals surface area contributed by atoms with Crippen LogP contribution in [-0.4, -0.2) is 31.4 Å². The largest absolute Gasteiger partial charge is 0.380 e. The van der Waals surface area contributed by atoms with Crippen molar-refractivity contribution >= 4 is 29.0 Å². The summed E-state index contributed by atoms with van der Waals surface area (Å²) in [6, 6.07) is 5.09. The van der Waals surface area contributed by atoms with Gasteiger partial charge in [-0.2, -0.15) is 0 Å². The van der Waals surface area contributed by atoms with Gasteiger partial charge >= 0.3 is 0 Å². The molecule has 0 saturated heterocycles. The highest BCUT2D eigenvalue weighted by Gasteiger charge is 2.36. The minimum atomic E-state index is -0.534. The second-order valence-electron chi connectivity index (χ2n) is 5.21. The van der Waals surface area contributed by atoms with Gasteiger partial charge in [-0.1, -0.05) is 31.5 Å². The van der Waals surface area contributed by atoms with E-state index in [2.05, 4.69) is 13.8 Å². The quantitative estimate of drug-likeness (QED) is 0.599. The fourth-order valence-electron chi connectivity index (χ4n) is 2.10. The first-order chi connectivity index (χ1) is 9.52. The van der Waals surface area contributed by atoms with E-state index in [9.17, 15) is 9.59 Å². The second kappa shape index (κ2) is 6.37. The fraction of sp³-hybridized carbons (Fsp3) is 0.467. The number of rotatable bonds is 6. The topological polar surface area (TPSA) is 46.6 Å². The molecule has 0 spiro atoms. The van der Waals surface area contributed by atoms with Crippen LogP contribution in [0.25, 0.3) is 0 Å². The number of fused-ring (bicyclic) bond motifs is 1. The Hall–Kier alpha value is -1.39. The summed E-state index contributed by atoms with van der Waals surface area (Å²) in [7, 11) is 0. The van der Waals surface area contributed by atoms with Gasteiger partial charge in [0.25, 0.3) is 11.7 Å². The summed E-state index contributed by atoms with van der Waals surface area (Å²) in [5.74, 6) is -0.474. The molecule has 1 heterocycles. The number of benzene rings is 1. The van der Waals surface area contributed by atoms with Gasteiger partial charge in [0.2, 0.25) is 0 Å². The fourth-order valence-corrected chi connectivity index (χ4v) is 2.36. The van der Waals surface area contributed by atoms with Crippen molar-refractivity contribution in [3.8, 4) is 0 Å². The summed E-state index contributed by atoms with van der Waals surface area (Å²) in [5.41, 5.74) is 0.890. The molecule has 0 N–H and O–H groups in total. The van der Waals surface area contributed by atoms with Gasteiger partial charge in [0.05, 0.1) is 22.9 Å². The van der Waals surface area contributed by atoms with Crippen molar-refractivity contribution in [2.75, 3.05) is 24.7 Å². The van der Waals surface area contributed by atoms with E-state index in [1.807, 2.05) is 0 Å². The van der Waals surface area contributed by atoms with E-state index < -0.39 is 11.7 Å². The molecule has 1 aromatic carbocycles. The van der Waals surface area contributed by atoms with E-state index in [0.717, 1.165) is 6.42 Å². The molecule has 0 bridgehead atoms. The lowest BCUT2D eigenvalue weighted by atomic mass is 10.1. The van der Waals surface area contributed by atoms with Gasteiger partial charge in [-0.15, -0.1) is 0 Å². The highest BCUT2D eigenvalue weighted by atomic mass is 35.5. The van der Waals surface area contributed by atoms with Crippen LogP contribution >= 0.6 is 11.6 Å². The first-order valence-electron chi connectivity index (χ1n) is 6.74. The number of ketones is 1. The summed E-state index contributed by atoms with van der Waals surface area (Å²) in [4.78, 5) is 25.3. The summed E-state index contributed by atoms with van der Waals surface area (Å²) in [6.07, 6.45) is 0.981. The third-order valence-corrected chi connectivity index (χ3v) is 3.56. The summed E-state index contributed by atoms with van der Waals surface area (Å²) in [5, 5.41) is 0.323. The van der Waals surface area contributed by atoms with E-state index >= 15 is 0 Å². The number of halogens is 1. The first kappa shape index (κ1) is 15.0. The zero-order valence-corrected chi connectivity index (χ0v) is 12.4. The highest BCUT2D eigenvalue weighted by Crippen LogP contribution is 2.33. The van der Waals surface area contributed by atoms with Crippen molar-refractivity contribution in [2.45, 2.75) is 20.3 Å². The van der Waals surface area contributed by atoms with Crippen LogP contribution in [-0.2, 0) is 9.53 Å². The third-order valence-electron chi connectivity index (χ3n) is 3.25. The predicted octanol–water partition coefficient (Wildman–Crippen LogP) is 2.93. The normalized spacial score (nSPS) is 14.3. The Kier molecular flexibility index (Phi) is 4.78. The maximum absolute atomic E-state index is 11.9. The smallest absolute Gasteiger partial charge is 0.299 e. The number of carbonyl (C=O) groups is 2. The lowest BCUT2D eigenvalue weighted by Crippen LogP contribution is -2.33. The van der Waals surface area contributed by atoms with Crippen LogP contribution in [0.15, 0.2) is 18.2 Å². The number of ether oxygens (including phenoxy) is 1. The van der Waals surface area contributed by atoms with Crippen LogP contribution in [0.1, 0.15) is 30.6 Å². The average molecular weight is 296 g/mol. The maximum Gasteiger partial charge on any atom is 0.299 e. The van der Waals surface area contributed by atoms with Gasteiger partial charge in [-0.25, -0.2) is 0 Å². The number of carbonyl (C=O) groups excluding carboxylic acids is 2. The van der Waals surface area contributed by atoms with Crippen molar-refractivity contribution in [3.05, 3.63) is 28.8 Å². The van der Waals surface area contributed by atoms with E-state index in [1.54, 1.807) is 18.2 Å². The molecule has 0 radical (unpaired) electrons. The van der Waals surface area contributed by atoms with Crippen LogP contribution < -0.4 is 4.90 Å². The minimum Gasteiger partial charge on any atom is -0.380 e. The molecule has 5 heteroatoms. The van der Waals surface area contributed by atoms with E-state index in [-0.39, 0.29) is 0 Å². The Labute approximate surface area is 123 Å². The number of hydrogen-bond donors (Lipinski definition) is 0. The Balaban J connectivity index is 1.98. The van der Waals surface area contributed by atoms with Gasteiger partial charge in [0, 0.05) is 13.2 Å². The van der Waals surface area contributed by atoms with Crippen molar-refractivity contribution in [3.63, 3.8) is 0 Å². The van der Waals surface area contributed by atoms with Gasteiger partial charge in [-0.05, 0) is 24.5 Å². The Bertz CT molecular complexity index is 528. The molecule has 0 aromatic heterocycles. The zero-order valence-electron chi connectivity index (χ0n) is 11.7. The molecule has 2 rings (SSSR count). The van der Waals surface area contributed by atoms with Crippen molar-refractivity contribution < 1.29 is 14.3 Å². The molecular weight excluding hydrogens is 278 g/mol. The molecule has 1 amide bonds. The number of hydrogen-bond acceptors (Lipinski definition) is 3. The summed E-state index contributed by atoms with van der Waals surface area (Å²) >= 11 is 5.98. The van der Waals surface area contributed by atoms with Crippen molar-refractivity contribution in [1.29, 1.82) is 0 Å². The van der Waals surface area contributed by atoms with E-state index in [0.29, 0.717) is 41.9 Å². The monoisotopic (exact) mass is 295 g/mol. The molecule has 20 heavy (non-hydrogen) atoms. The second-order valence-corrected chi connectivity index (χ2v) is 5.62. The standard InChI is InChI=1S/C15H18ClNO3/c1-10(2)6-8-20-9-7-17-12-5-3-4-11(16)13(12)14(18)15(17)19/h3-5,10H,6-9H2,1-2H3. The molecule has 0 atom stereocenters. The van der Waals surface area contributed by atoms with E-state index in [4.69, 9.17) is 16.3 Å². The number of anilines is 1. The molecule has 4 nitrogen and oxygen atoms in total. The Morgan fingerprint density at radius 3 is 2.70 bits per heavy atom. The number of Topliss-reactive ketones (excluding diaryl/α,β-unsaturated/α-hetero) is 1. The molecule has 0 fully saturated rings. The molecule has 108 valence electrons. The molecule has 1 aromatic rings. The predicted molar refractivity (Wildman–Crippen MR) is 78.4 cm³/mol.